The van der Waals surface area contributed by atoms with Gasteiger partial charge in [0.1, 0.15) is 16.7 Å². The van der Waals surface area contributed by atoms with E-state index in [-0.39, 0.29) is 5.56 Å². The molecule has 5 nitrogen and oxygen atoms in total. The second-order valence-electron chi connectivity index (χ2n) is 14.3. The van der Waals surface area contributed by atoms with E-state index in [0.717, 1.165) is 43.9 Å². The molecule has 5 heteroatoms. The van der Waals surface area contributed by atoms with Gasteiger partial charge in [0.2, 0.25) is 0 Å². The molecule has 0 saturated carbocycles. The number of pyridine rings is 1. The molecular formula is C48H29N3O2. The summed E-state index contributed by atoms with van der Waals surface area (Å²) in [7, 11) is 0. The second kappa shape index (κ2) is 10.1. The van der Waals surface area contributed by atoms with Crippen LogP contribution in [0.15, 0.2) is 167 Å². The van der Waals surface area contributed by atoms with Gasteiger partial charge in [-0.05, 0) is 76.7 Å². The molecule has 0 bridgehead atoms. The summed E-state index contributed by atoms with van der Waals surface area (Å²) < 4.78 is 9.95. The Hall–Kier alpha value is -6.98. The Kier molecular flexibility index (Phi) is 5.46. The Bertz CT molecular complexity index is 3330. The molecule has 7 aromatic carbocycles. The monoisotopic (exact) mass is 679 g/mol. The lowest BCUT2D eigenvalue weighted by Crippen LogP contribution is -2.28. The zero-order valence-electron chi connectivity index (χ0n) is 28.7. The summed E-state index contributed by atoms with van der Waals surface area (Å²) in [5.41, 5.74) is 12.5. The smallest absolute Gasteiger partial charge is 0.268 e. The molecule has 248 valence electrons. The van der Waals surface area contributed by atoms with Gasteiger partial charge in [-0.3, -0.25) is 9.20 Å². The van der Waals surface area contributed by atoms with Gasteiger partial charge in [0.15, 0.2) is 0 Å². The summed E-state index contributed by atoms with van der Waals surface area (Å²) in [6.07, 6.45) is 0. The van der Waals surface area contributed by atoms with Crippen molar-refractivity contribution in [2.45, 2.75) is 12.3 Å². The maximum absolute atomic E-state index is 14.1. The summed E-state index contributed by atoms with van der Waals surface area (Å²) >= 11 is 0. The Morgan fingerprint density at radius 1 is 0.547 bits per heavy atom. The van der Waals surface area contributed by atoms with Crippen LogP contribution in [0, 0.1) is 6.92 Å². The fourth-order valence-electron chi connectivity index (χ4n) is 9.70. The topological polar surface area (TPSA) is 52.4 Å². The lowest BCUT2D eigenvalue weighted by molar-refractivity contribution is 0.406. The van der Waals surface area contributed by atoms with E-state index in [0.29, 0.717) is 16.7 Å². The predicted octanol–water partition coefficient (Wildman–Crippen LogP) is 11.0. The lowest BCUT2D eigenvalue weighted by Gasteiger charge is -2.34. The minimum absolute atomic E-state index is 0.102. The van der Waals surface area contributed by atoms with E-state index in [1.165, 1.54) is 44.2 Å². The molecule has 0 unspecified atom stereocenters. The van der Waals surface area contributed by atoms with E-state index in [9.17, 15) is 4.79 Å². The van der Waals surface area contributed by atoms with Gasteiger partial charge in [0, 0.05) is 32.6 Å². The number of hydrogen-bond acceptors (Lipinski definition) is 3. The van der Waals surface area contributed by atoms with Gasteiger partial charge in [-0.25, -0.2) is 0 Å². The highest BCUT2D eigenvalue weighted by atomic mass is 16.5. The van der Waals surface area contributed by atoms with Gasteiger partial charge in [-0.1, -0.05) is 126 Å². The molecule has 12 rings (SSSR count). The number of fused-ring (bicyclic) bond motifs is 11. The van der Waals surface area contributed by atoms with Crippen LogP contribution >= 0.6 is 0 Å². The quantitative estimate of drug-likeness (QED) is 0.187. The van der Waals surface area contributed by atoms with Crippen molar-refractivity contribution in [3.63, 3.8) is 0 Å². The first-order chi connectivity index (χ1) is 26.1. The number of benzene rings is 7. The lowest BCUT2D eigenvalue weighted by atomic mass is 9.67. The molecule has 0 aliphatic heterocycles. The van der Waals surface area contributed by atoms with E-state index >= 15 is 0 Å². The summed E-state index contributed by atoms with van der Waals surface area (Å²) in [6.45, 7) is 1.82. The normalized spacial score (nSPS) is 13.6. The van der Waals surface area contributed by atoms with E-state index in [4.69, 9.17) is 4.52 Å². The van der Waals surface area contributed by atoms with Crippen LogP contribution in [0.3, 0.4) is 0 Å². The fourth-order valence-corrected chi connectivity index (χ4v) is 9.70. The molecule has 53 heavy (non-hydrogen) atoms. The summed E-state index contributed by atoms with van der Waals surface area (Å²) in [5, 5.41) is 10.3. The minimum atomic E-state index is -0.527. The first-order valence-electron chi connectivity index (χ1n) is 18.0. The second-order valence-corrected chi connectivity index (χ2v) is 14.3. The molecular weight excluding hydrogens is 651 g/mol. The van der Waals surface area contributed by atoms with Crippen molar-refractivity contribution in [1.29, 1.82) is 0 Å². The molecule has 0 saturated heterocycles. The number of hydrogen-bond donors (Lipinski definition) is 0. The molecule has 1 aliphatic rings. The van der Waals surface area contributed by atoms with Crippen molar-refractivity contribution >= 4 is 59.9 Å². The molecule has 0 spiro atoms. The van der Waals surface area contributed by atoms with Crippen LogP contribution in [0.25, 0.3) is 76.7 Å². The van der Waals surface area contributed by atoms with E-state index in [2.05, 4.69) is 149 Å². The van der Waals surface area contributed by atoms with Crippen LogP contribution in [-0.2, 0) is 5.41 Å². The minimum Gasteiger partial charge on any atom is -0.360 e. The van der Waals surface area contributed by atoms with Gasteiger partial charge < -0.3 is 9.09 Å². The molecule has 0 fully saturated rings. The van der Waals surface area contributed by atoms with Crippen molar-refractivity contribution < 1.29 is 4.52 Å². The third-order valence-electron chi connectivity index (χ3n) is 11.8. The Morgan fingerprint density at radius 2 is 1.17 bits per heavy atom. The molecule has 11 aromatic rings. The maximum Gasteiger partial charge on any atom is 0.268 e. The molecule has 0 N–H and O–H groups in total. The molecule has 4 heterocycles. The first-order valence-corrected chi connectivity index (χ1v) is 18.0. The van der Waals surface area contributed by atoms with Gasteiger partial charge in [0.25, 0.3) is 5.56 Å². The van der Waals surface area contributed by atoms with Gasteiger partial charge in [0.05, 0.1) is 27.5 Å². The van der Waals surface area contributed by atoms with Crippen molar-refractivity contribution in [1.82, 2.24) is 14.1 Å². The van der Waals surface area contributed by atoms with Crippen LogP contribution < -0.4 is 5.56 Å². The van der Waals surface area contributed by atoms with Gasteiger partial charge in [-0.2, -0.15) is 0 Å². The third kappa shape index (κ3) is 3.47. The van der Waals surface area contributed by atoms with Crippen LogP contribution in [0.2, 0.25) is 0 Å². The zero-order chi connectivity index (χ0) is 35.0. The molecule has 1 aliphatic carbocycles. The number of aromatic nitrogens is 3. The first kappa shape index (κ1) is 28.7. The average molecular weight is 680 g/mol. The van der Waals surface area contributed by atoms with E-state index in [1.54, 1.807) is 0 Å². The highest BCUT2D eigenvalue weighted by Crippen LogP contribution is 2.57. The fraction of sp³-hybridized carbons (Fsp3) is 0.0417. The van der Waals surface area contributed by atoms with Crippen LogP contribution in [0.1, 0.15) is 28.0 Å². The number of aryl methyl sites for hydroxylation is 1. The van der Waals surface area contributed by atoms with E-state index in [1.807, 2.05) is 29.5 Å². The summed E-state index contributed by atoms with van der Waals surface area (Å²) in [5.74, 6) is 0.525. The predicted molar refractivity (Wildman–Crippen MR) is 214 cm³/mol. The largest absolute Gasteiger partial charge is 0.360 e. The molecule has 0 amide bonds. The van der Waals surface area contributed by atoms with Crippen molar-refractivity contribution in [2.24, 2.45) is 0 Å². The Labute approximate surface area is 302 Å². The maximum atomic E-state index is 14.1. The number of rotatable bonds is 3. The van der Waals surface area contributed by atoms with Crippen molar-refractivity contribution in [3.05, 3.63) is 196 Å². The van der Waals surface area contributed by atoms with Crippen molar-refractivity contribution in [2.75, 3.05) is 0 Å². The Balaban J connectivity index is 1.27. The number of para-hydroxylation sites is 2. The average Bonchev–Trinajstić information content (AvgIpc) is 3.94. The van der Waals surface area contributed by atoms with Gasteiger partial charge >= 0.3 is 0 Å². The van der Waals surface area contributed by atoms with Crippen LogP contribution in [0.5, 0.6) is 0 Å². The van der Waals surface area contributed by atoms with Crippen LogP contribution in [0.4, 0.5) is 0 Å². The Morgan fingerprint density at radius 3 is 1.92 bits per heavy atom. The highest BCUT2D eigenvalue weighted by Gasteiger charge is 2.46. The highest BCUT2D eigenvalue weighted by molar-refractivity contribution is 6.21. The molecule has 4 aromatic heterocycles. The number of nitrogens with zero attached hydrogens (tertiary/aromatic N) is 3. The van der Waals surface area contributed by atoms with Crippen LogP contribution in [-0.4, -0.2) is 14.1 Å². The van der Waals surface area contributed by atoms with Crippen molar-refractivity contribution in [3.8, 4) is 16.8 Å². The molecule has 0 atom stereocenters. The SMILES string of the molecule is Cc1onc2c1c(=O)n1c3ccccc3c3cc(-n4c5ccccc5c5cc6c(cc54)C(c4ccccc4)(c4ccccc4)c4ccccc4-6)cc2c31. The standard InChI is InChI=1S/C48H29N3O2/c1-28-44-45(49-53-28)38-25-31(24-37-34-20-10-13-23-42(34)51(46(37)38)47(44)52)50-41-22-12-9-19-33(41)36-26-35-32-18-8-11-21-39(32)48(40(35)27-43(36)50,29-14-4-2-5-15-29)30-16-6-3-7-17-30/h2-27H,1H3. The van der Waals surface area contributed by atoms with E-state index < -0.39 is 5.41 Å². The third-order valence-corrected chi connectivity index (χ3v) is 11.8. The van der Waals surface area contributed by atoms with Gasteiger partial charge in [-0.15, -0.1) is 0 Å². The summed E-state index contributed by atoms with van der Waals surface area (Å²) in [6, 6.07) is 56.9. The zero-order valence-corrected chi connectivity index (χ0v) is 28.7. The molecule has 0 radical (unpaired) electrons. The summed E-state index contributed by atoms with van der Waals surface area (Å²) in [4.78, 5) is 14.1.